The van der Waals surface area contributed by atoms with Gasteiger partial charge >= 0.3 is 20.4 Å². The zero-order valence-electron chi connectivity index (χ0n) is 7.38. The van der Waals surface area contributed by atoms with Crippen LogP contribution in [0.15, 0.2) is 30.3 Å². The third kappa shape index (κ3) is 2.84. The van der Waals surface area contributed by atoms with Crippen LogP contribution in [0.5, 0.6) is 0 Å². The van der Waals surface area contributed by atoms with Crippen LogP contribution in [0, 0.1) is 0 Å². The molecule has 0 aliphatic rings. The third-order valence-electron chi connectivity index (χ3n) is 2.09. The minimum Gasteiger partial charge on any atom is -0.157 e. The fourth-order valence-electron chi connectivity index (χ4n) is 1.38. The Labute approximate surface area is 78.7 Å². The Kier molecular flexibility index (Phi) is 3.95. The topological polar surface area (TPSA) is 0 Å². The minimum atomic E-state index is 0.223. The normalized spacial score (nSPS) is 12.2. The van der Waals surface area contributed by atoms with Crippen molar-refractivity contribution in [2.75, 3.05) is 0 Å². The first kappa shape index (κ1) is 9.08. The first-order valence-electron chi connectivity index (χ1n) is 4.39. The first-order valence-corrected chi connectivity index (χ1v) is 6.81. The SMILES string of the molecule is [CH3][Mg][CH2]C(C)c1ccccc1. The summed E-state index contributed by atoms with van der Waals surface area (Å²) in [6.45, 7) is 2.33. The van der Waals surface area contributed by atoms with E-state index >= 15 is 0 Å². The van der Waals surface area contributed by atoms with E-state index in [0.29, 0.717) is 0 Å². The molecule has 0 aromatic heterocycles. The highest BCUT2D eigenvalue weighted by molar-refractivity contribution is 6.33. The van der Waals surface area contributed by atoms with Gasteiger partial charge in [-0.1, -0.05) is 37.3 Å². The number of rotatable bonds is 3. The lowest BCUT2D eigenvalue weighted by Gasteiger charge is -2.09. The second-order valence-electron chi connectivity index (χ2n) is 3.10. The van der Waals surface area contributed by atoms with Gasteiger partial charge in [0.25, 0.3) is 0 Å². The molecule has 0 heterocycles. The molecule has 11 heavy (non-hydrogen) atoms. The van der Waals surface area contributed by atoms with Crippen LogP contribution in [0.25, 0.3) is 0 Å². The molecule has 0 saturated carbocycles. The summed E-state index contributed by atoms with van der Waals surface area (Å²) in [5, 5.41) is 2.37. The molecule has 0 nitrogen and oxygen atoms in total. The van der Waals surface area contributed by atoms with Crippen molar-refractivity contribution in [3.63, 3.8) is 0 Å². The smallest absolute Gasteiger partial charge is 0.157 e. The Morgan fingerprint density at radius 1 is 1.27 bits per heavy atom. The van der Waals surface area contributed by atoms with Crippen LogP contribution in [0.4, 0.5) is 0 Å². The van der Waals surface area contributed by atoms with Crippen LogP contribution < -0.4 is 0 Å². The van der Waals surface area contributed by atoms with E-state index in [9.17, 15) is 0 Å². The molecular weight excluding hydrogens is 144 g/mol. The van der Waals surface area contributed by atoms with E-state index in [1.807, 2.05) is 0 Å². The first-order chi connectivity index (χ1) is 5.34. The lowest BCUT2D eigenvalue weighted by atomic mass is 10.0. The summed E-state index contributed by atoms with van der Waals surface area (Å²) in [7, 11) is 0. The van der Waals surface area contributed by atoms with Gasteiger partial charge in [0.05, 0.1) is 0 Å². The van der Waals surface area contributed by atoms with E-state index in [0.717, 1.165) is 5.92 Å². The highest BCUT2D eigenvalue weighted by Crippen LogP contribution is 2.17. The van der Waals surface area contributed by atoms with Crippen molar-refractivity contribution in [2.24, 2.45) is 0 Å². The van der Waals surface area contributed by atoms with Crippen LogP contribution in [-0.2, 0) is 0 Å². The van der Waals surface area contributed by atoms with Crippen LogP contribution >= 0.6 is 0 Å². The summed E-state index contributed by atoms with van der Waals surface area (Å²) in [4.78, 5) is 0. The highest BCUT2D eigenvalue weighted by atomic mass is 24.5. The highest BCUT2D eigenvalue weighted by Gasteiger charge is 2.02. The Morgan fingerprint density at radius 2 is 1.91 bits per heavy atom. The molecule has 0 bridgehead atoms. The molecule has 1 heteroatoms. The maximum atomic E-state index is 2.37. The molecule has 1 rings (SSSR count). The van der Waals surface area contributed by atoms with E-state index in [-0.39, 0.29) is 20.4 Å². The van der Waals surface area contributed by atoms with Gasteiger partial charge in [-0.15, -0.1) is 4.55 Å². The molecule has 1 unspecified atom stereocenters. The molecule has 0 amide bonds. The Bertz CT molecular complexity index is 193. The zero-order valence-corrected chi connectivity index (χ0v) is 8.79. The van der Waals surface area contributed by atoms with E-state index in [4.69, 9.17) is 0 Å². The molecule has 0 radical (unpaired) electrons. The van der Waals surface area contributed by atoms with Gasteiger partial charge in [-0.2, -0.15) is 5.05 Å². The van der Waals surface area contributed by atoms with Crippen molar-refractivity contribution in [3.8, 4) is 0 Å². The number of hydrogen-bond acceptors (Lipinski definition) is 0. The molecule has 0 spiro atoms. The summed E-state index contributed by atoms with van der Waals surface area (Å²) < 4.78 is 1.43. The summed E-state index contributed by atoms with van der Waals surface area (Å²) >= 11 is 0.223. The fraction of sp³-hybridized carbons (Fsp3) is 0.400. The van der Waals surface area contributed by atoms with E-state index < -0.39 is 0 Å². The Morgan fingerprint density at radius 3 is 2.45 bits per heavy atom. The molecule has 1 aromatic carbocycles. The van der Waals surface area contributed by atoms with Crippen LogP contribution in [0.1, 0.15) is 18.4 Å². The van der Waals surface area contributed by atoms with Crippen molar-refractivity contribution in [2.45, 2.75) is 22.4 Å². The van der Waals surface area contributed by atoms with Crippen LogP contribution in [0.2, 0.25) is 9.60 Å². The van der Waals surface area contributed by atoms with Crippen molar-refractivity contribution in [1.82, 2.24) is 0 Å². The quantitative estimate of drug-likeness (QED) is 0.594. The molecular formula is C10H14Mg. The van der Waals surface area contributed by atoms with Crippen LogP contribution in [-0.4, -0.2) is 20.4 Å². The summed E-state index contributed by atoms with van der Waals surface area (Å²) in [6, 6.07) is 10.8. The van der Waals surface area contributed by atoms with Crippen molar-refractivity contribution in [3.05, 3.63) is 35.9 Å². The van der Waals surface area contributed by atoms with Gasteiger partial charge in [-0.25, -0.2) is 0 Å². The summed E-state index contributed by atoms with van der Waals surface area (Å²) in [5.41, 5.74) is 1.50. The van der Waals surface area contributed by atoms with E-state index in [1.54, 1.807) is 0 Å². The maximum Gasteiger partial charge on any atom is 0.361 e. The van der Waals surface area contributed by atoms with Crippen molar-refractivity contribution in [1.29, 1.82) is 0 Å². The average molecular weight is 159 g/mol. The molecule has 0 saturated heterocycles. The monoisotopic (exact) mass is 158 g/mol. The molecule has 0 N–H and O–H groups in total. The summed E-state index contributed by atoms with van der Waals surface area (Å²) in [5.74, 6) is 0.785. The standard InChI is InChI=1S/C9H11.CH3.Mg/c1-8(2)9-6-4-3-5-7-9;;/h3-8H,1H2,2H3;1H3;. The second kappa shape index (κ2) is 4.78. The van der Waals surface area contributed by atoms with Gasteiger partial charge in [-0.05, 0) is 11.5 Å². The predicted molar refractivity (Wildman–Crippen MR) is 51.3 cm³/mol. The van der Waals surface area contributed by atoms with Crippen molar-refractivity contribution < 1.29 is 0 Å². The lowest BCUT2D eigenvalue weighted by Crippen LogP contribution is -1.94. The van der Waals surface area contributed by atoms with Crippen LogP contribution in [0.3, 0.4) is 0 Å². The zero-order chi connectivity index (χ0) is 8.10. The fourth-order valence-corrected chi connectivity index (χ4v) is 2.58. The Hall–Kier alpha value is -0.0138. The molecule has 56 valence electrons. The number of hydrogen-bond donors (Lipinski definition) is 0. The largest absolute Gasteiger partial charge is 0.361 e. The predicted octanol–water partition coefficient (Wildman–Crippen LogP) is 2.96. The van der Waals surface area contributed by atoms with E-state index in [2.05, 4.69) is 42.3 Å². The van der Waals surface area contributed by atoms with Gasteiger partial charge in [0.15, 0.2) is 0 Å². The lowest BCUT2D eigenvalue weighted by molar-refractivity contribution is 0.859. The molecule has 0 aliphatic heterocycles. The molecule has 1 aromatic rings. The van der Waals surface area contributed by atoms with Crippen molar-refractivity contribution >= 4 is 20.4 Å². The molecule has 0 fully saturated rings. The average Bonchev–Trinajstić information content (AvgIpc) is 2.07. The van der Waals surface area contributed by atoms with Gasteiger partial charge in [-0.3, -0.25) is 0 Å². The molecule has 0 aliphatic carbocycles. The van der Waals surface area contributed by atoms with Gasteiger partial charge in [0, 0.05) is 0 Å². The Balaban J connectivity index is 2.61. The third-order valence-corrected chi connectivity index (χ3v) is 3.53. The maximum absolute atomic E-state index is 2.37. The number of benzene rings is 1. The van der Waals surface area contributed by atoms with Gasteiger partial charge in [0.2, 0.25) is 0 Å². The minimum absolute atomic E-state index is 0.223. The van der Waals surface area contributed by atoms with Gasteiger partial charge in [0.1, 0.15) is 0 Å². The van der Waals surface area contributed by atoms with Gasteiger partial charge < -0.3 is 0 Å². The summed E-state index contributed by atoms with van der Waals surface area (Å²) in [6.07, 6.45) is 0. The second-order valence-corrected chi connectivity index (χ2v) is 4.68. The van der Waals surface area contributed by atoms with E-state index in [1.165, 1.54) is 10.1 Å². The molecule has 1 atom stereocenters.